The fraction of sp³-hybridized carbons (Fsp3) is 0.519. The standard InChI is InChI=1S/C27H35N5O2/c28-21-30-27(31-18-22-10-4-5-11-23(22)19-31)29-16-8-2-1-3-15-26(33)32(24-12-6-7-13-24)20-25-14-9-17-34-25/h4-5,9-11,14,17,24H,1-3,6-8,12-13,15-16,18-20H2,(H,29,30). The molecule has 1 aliphatic carbocycles. The summed E-state index contributed by atoms with van der Waals surface area (Å²) >= 11 is 0. The van der Waals surface area contributed by atoms with Gasteiger partial charge in [0.05, 0.1) is 12.8 Å². The first-order valence-corrected chi connectivity index (χ1v) is 12.6. The number of guanidine groups is 1. The summed E-state index contributed by atoms with van der Waals surface area (Å²) in [4.78, 5) is 21.8. The van der Waals surface area contributed by atoms with Crippen LogP contribution in [-0.4, -0.2) is 34.3 Å². The van der Waals surface area contributed by atoms with Crippen LogP contribution in [0.15, 0.2) is 52.1 Å². The van der Waals surface area contributed by atoms with Gasteiger partial charge < -0.3 is 14.2 Å². The van der Waals surface area contributed by atoms with E-state index in [0.29, 0.717) is 31.5 Å². The summed E-state index contributed by atoms with van der Waals surface area (Å²) in [5.41, 5.74) is 2.58. The average Bonchev–Trinajstić information content (AvgIpc) is 3.62. The monoisotopic (exact) mass is 461 g/mol. The largest absolute Gasteiger partial charge is 0.467 e. The average molecular weight is 462 g/mol. The van der Waals surface area contributed by atoms with Gasteiger partial charge in [0.2, 0.25) is 11.9 Å². The molecule has 4 rings (SSSR count). The first-order valence-electron chi connectivity index (χ1n) is 12.6. The molecule has 2 aliphatic rings. The van der Waals surface area contributed by atoms with Gasteiger partial charge in [0.25, 0.3) is 0 Å². The van der Waals surface area contributed by atoms with Crippen LogP contribution in [0.1, 0.15) is 74.7 Å². The molecule has 0 spiro atoms. The Labute approximate surface area is 202 Å². The zero-order valence-corrected chi connectivity index (χ0v) is 19.9. The van der Waals surface area contributed by atoms with Crippen molar-refractivity contribution in [1.82, 2.24) is 15.1 Å². The van der Waals surface area contributed by atoms with Gasteiger partial charge >= 0.3 is 0 Å². The molecule has 1 amide bonds. The molecule has 0 saturated heterocycles. The molecule has 0 bridgehead atoms. The molecule has 180 valence electrons. The van der Waals surface area contributed by atoms with Gasteiger partial charge in [0.1, 0.15) is 5.76 Å². The number of amides is 1. The zero-order chi connectivity index (χ0) is 23.6. The van der Waals surface area contributed by atoms with Crippen LogP contribution < -0.4 is 5.32 Å². The topological polar surface area (TPSA) is 84.9 Å². The van der Waals surface area contributed by atoms with Crippen molar-refractivity contribution in [1.29, 1.82) is 5.26 Å². The van der Waals surface area contributed by atoms with Crippen LogP contribution in [0.25, 0.3) is 0 Å². The molecule has 1 N–H and O–H groups in total. The number of unbranched alkanes of at least 4 members (excludes halogenated alkanes) is 3. The molecule has 1 aromatic carbocycles. The van der Waals surface area contributed by atoms with Crippen LogP contribution >= 0.6 is 0 Å². The molecule has 0 atom stereocenters. The van der Waals surface area contributed by atoms with Crippen LogP contribution in [-0.2, 0) is 24.4 Å². The number of fused-ring (bicyclic) bond motifs is 1. The lowest BCUT2D eigenvalue weighted by Crippen LogP contribution is -2.38. The van der Waals surface area contributed by atoms with E-state index in [4.69, 9.17) is 9.68 Å². The van der Waals surface area contributed by atoms with Gasteiger partial charge in [-0.1, -0.05) is 49.9 Å². The first-order chi connectivity index (χ1) is 16.7. The molecule has 1 aliphatic heterocycles. The maximum atomic E-state index is 13.0. The van der Waals surface area contributed by atoms with E-state index in [1.54, 1.807) is 6.26 Å². The van der Waals surface area contributed by atoms with E-state index in [9.17, 15) is 4.79 Å². The predicted molar refractivity (Wildman–Crippen MR) is 131 cm³/mol. The van der Waals surface area contributed by atoms with Gasteiger partial charge in [-0.25, -0.2) is 0 Å². The quantitative estimate of drug-likeness (QED) is 0.178. The molecule has 2 heterocycles. The summed E-state index contributed by atoms with van der Waals surface area (Å²) < 4.78 is 5.50. The van der Waals surface area contributed by atoms with Crippen molar-refractivity contribution in [3.63, 3.8) is 0 Å². The summed E-state index contributed by atoms with van der Waals surface area (Å²) in [5.74, 6) is 1.76. The number of hydrogen-bond donors (Lipinski definition) is 1. The molecule has 0 radical (unpaired) electrons. The van der Waals surface area contributed by atoms with E-state index >= 15 is 0 Å². The third kappa shape index (κ3) is 6.40. The molecule has 1 aromatic heterocycles. The minimum Gasteiger partial charge on any atom is -0.467 e. The van der Waals surface area contributed by atoms with Crippen molar-refractivity contribution in [2.24, 2.45) is 4.99 Å². The lowest BCUT2D eigenvalue weighted by Gasteiger charge is -2.28. The number of rotatable bonds is 10. The Bertz CT molecular complexity index is 964. The lowest BCUT2D eigenvalue weighted by atomic mass is 10.1. The number of aliphatic imine (C=N–C) groups is 1. The van der Waals surface area contributed by atoms with Gasteiger partial charge in [-0.3, -0.25) is 15.1 Å². The number of furan rings is 1. The number of benzene rings is 1. The number of nitrogens with one attached hydrogen (secondary N) is 1. The zero-order valence-electron chi connectivity index (χ0n) is 19.9. The molecule has 0 unspecified atom stereocenters. The van der Waals surface area contributed by atoms with Crippen molar-refractivity contribution in [3.05, 3.63) is 59.5 Å². The number of nitriles is 1. The minimum atomic E-state index is 0.246. The van der Waals surface area contributed by atoms with E-state index in [2.05, 4.69) is 27.3 Å². The van der Waals surface area contributed by atoms with Gasteiger partial charge in [-0.15, -0.1) is 0 Å². The van der Waals surface area contributed by atoms with Gasteiger partial charge in [0.15, 0.2) is 6.19 Å². The Balaban J connectivity index is 1.17. The number of carbonyl (C=O) groups excluding carboxylic acids is 1. The van der Waals surface area contributed by atoms with E-state index in [0.717, 1.165) is 57.4 Å². The van der Waals surface area contributed by atoms with Crippen LogP contribution in [0.2, 0.25) is 0 Å². The van der Waals surface area contributed by atoms with Crippen molar-refractivity contribution in [2.75, 3.05) is 6.54 Å². The lowest BCUT2D eigenvalue weighted by molar-refractivity contribution is -0.134. The Morgan fingerprint density at radius 1 is 1.09 bits per heavy atom. The molecule has 7 nitrogen and oxygen atoms in total. The van der Waals surface area contributed by atoms with Crippen LogP contribution in [0.3, 0.4) is 0 Å². The molecule has 2 aromatic rings. The second kappa shape index (κ2) is 12.3. The normalized spacial score (nSPS) is 15.9. The number of hydrogen-bond acceptors (Lipinski definition) is 4. The number of carbonyl (C=O) groups is 1. The Morgan fingerprint density at radius 2 is 1.82 bits per heavy atom. The Morgan fingerprint density at radius 3 is 2.50 bits per heavy atom. The van der Waals surface area contributed by atoms with Gasteiger partial charge in [0, 0.05) is 32.1 Å². The van der Waals surface area contributed by atoms with Crippen molar-refractivity contribution in [3.8, 4) is 6.19 Å². The third-order valence-electron chi connectivity index (χ3n) is 6.86. The highest BCUT2D eigenvalue weighted by atomic mass is 16.3. The first kappa shape index (κ1) is 23.9. The maximum absolute atomic E-state index is 13.0. The Hall–Kier alpha value is -3.27. The summed E-state index contributed by atoms with van der Waals surface area (Å²) in [6, 6.07) is 12.5. The Kier molecular flexibility index (Phi) is 8.61. The van der Waals surface area contributed by atoms with E-state index in [1.165, 1.54) is 24.0 Å². The summed E-state index contributed by atoms with van der Waals surface area (Å²) in [6.07, 6.45) is 12.8. The highest BCUT2D eigenvalue weighted by Crippen LogP contribution is 2.26. The van der Waals surface area contributed by atoms with Crippen LogP contribution in [0.4, 0.5) is 0 Å². The fourth-order valence-electron chi connectivity index (χ4n) is 5.03. The van der Waals surface area contributed by atoms with Crippen LogP contribution in [0, 0.1) is 11.5 Å². The second-order valence-electron chi connectivity index (χ2n) is 9.27. The summed E-state index contributed by atoms with van der Waals surface area (Å²) in [7, 11) is 0. The molecular formula is C27H35N5O2. The summed E-state index contributed by atoms with van der Waals surface area (Å²) in [6.45, 7) is 2.82. The van der Waals surface area contributed by atoms with Crippen molar-refractivity contribution < 1.29 is 9.21 Å². The minimum absolute atomic E-state index is 0.246. The molecule has 1 saturated carbocycles. The third-order valence-corrected chi connectivity index (χ3v) is 6.86. The van der Waals surface area contributed by atoms with E-state index in [-0.39, 0.29) is 5.91 Å². The van der Waals surface area contributed by atoms with Crippen LogP contribution in [0.5, 0.6) is 0 Å². The van der Waals surface area contributed by atoms with Crippen molar-refractivity contribution >= 4 is 11.9 Å². The van der Waals surface area contributed by atoms with Crippen molar-refractivity contribution in [2.45, 2.75) is 83.5 Å². The van der Waals surface area contributed by atoms with E-state index < -0.39 is 0 Å². The highest BCUT2D eigenvalue weighted by molar-refractivity contribution is 5.82. The smallest absolute Gasteiger partial charge is 0.223 e. The van der Waals surface area contributed by atoms with Gasteiger partial charge in [-0.2, -0.15) is 5.26 Å². The SMILES string of the molecule is N#CNC(=NCCCCCCC(=O)N(Cc1ccco1)C1CCCC1)N1Cc2ccccc2C1. The molecular weight excluding hydrogens is 426 g/mol. The molecule has 1 fully saturated rings. The highest BCUT2D eigenvalue weighted by Gasteiger charge is 2.27. The molecule has 7 heteroatoms. The number of nitrogens with zero attached hydrogens (tertiary/aromatic N) is 4. The molecule has 34 heavy (non-hydrogen) atoms. The predicted octanol–water partition coefficient (Wildman–Crippen LogP) is 4.94. The summed E-state index contributed by atoms with van der Waals surface area (Å²) in [5, 5.41) is 11.9. The van der Waals surface area contributed by atoms with E-state index in [1.807, 2.05) is 35.4 Å². The second-order valence-corrected chi connectivity index (χ2v) is 9.27. The van der Waals surface area contributed by atoms with Gasteiger partial charge in [-0.05, 0) is 48.9 Å². The fourth-order valence-corrected chi connectivity index (χ4v) is 5.03. The maximum Gasteiger partial charge on any atom is 0.223 e.